The first-order valence-electron chi connectivity index (χ1n) is 7.52. The van der Waals surface area contributed by atoms with Gasteiger partial charge in [-0.1, -0.05) is 12.8 Å². The molecule has 0 N–H and O–H groups in total. The Morgan fingerprint density at radius 1 is 1.14 bits per heavy atom. The minimum Gasteiger partial charge on any atom is -0.322 e. The molecule has 3 nitrogen and oxygen atoms in total. The number of nitrogens with zero attached hydrogens (tertiary/aromatic N) is 3. The van der Waals surface area contributed by atoms with Crippen LogP contribution in [0.4, 0.5) is 4.39 Å². The fourth-order valence-electron chi connectivity index (χ4n) is 3.36. The number of halogens is 2. The summed E-state index contributed by atoms with van der Waals surface area (Å²) >= 11 is 5.99. The van der Waals surface area contributed by atoms with E-state index in [2.05, 4.69) is 20.6 Å². The minimum absolute atomic E-state index is 0.227. The SMILES string of the molecule is Fc1ccc(-c2cc3cnc(Cl)nc3n2C2CCCC2)cc1. The Morgan fingerprint density at radius 2 is 1.86 bits per heavy atom. The maximum atomic E-state index is 13.2. The molecule has 2 heterocycles. The van der Waals surface area contributed by atoms with Crippen molar-refractivity contribution in [3.8, 4) is 11.3 Å². The third-order valence-corrected chi connectivity index (χ3v) is 4.56. The number of rotatable bonds is 2. The number of hydrogen-bond acceptors (Lipinski definition) is 2. The second-order valence-corrected chi connectivity index (χ2v) is 6.10. The lowest BCUT2D eigenvalue weighted by Crippen LogP contribution is -2.07. The predicted octanol–water partition coefficient (Wildman–Crippen LogP) is 5.01. The lowest BCUT2D eigenvalue weighted by atomic mass is 10.1. The summed E-state index contributed by atoms with van der Waals surface area (Å²) in [4.78, 5) is 8.50. The average molecular weight is 316 g/mol. The van der Waals surface area contributed by atoms with Gasteiger partial charge in [-0.05, 0) is 60.3 Å². The fourth-order valence-corrected chi connectivity index (χ4v) is 3.49. The van der Waals surface area contributed by atoms with Crippen LogP contribution in [0.1, 0.15) is 31.7 Å². The molecule has 1 aromatic carbocycles. The van der Waals surface area contributed by atoms with Crippen molar-refractivity contribution in [2.75, 3.05) is 0 Å². The zero-order chi connectivity index (χ0) is 15.1. The van der Waals surface area contributed by atoms with Gasteiger partial charge in [-0.15, -0.1) is 0 Å². The summed E-state index contributed by atoms with van der Waals surface area (Å²) in [7, 11) is 0. The lowest BCUT2D eigenvalue weighted by Gasteiger charge is -2.17. The van der Waals surface area contributed by atoms with Crippen LogP contribution in [0.15, 0.2) is 36.5 Å². The lowest BCUT2D eigenvalue weighted by molar-refractivity contribution is 0.537. The van der Waals surface area contributed by atoms with Crippen molar-refractivity contribution < 1.29 is 4.39 Å². The van der Waals surface area contributed by atoms with Crippen LogP contribution in [-0.4, -0.2) is 14.5 Å². The highest BCUT2D eigenvalue weighted by Gasteiger charge is 2.23. The molecule has 1 aliphatic rings. The second-order valence-electron chi connectivity index (χ2n) is 5.76. The first-order chi connectivity index (χ1) is 10.7. The van der Waals surface area contributed by atoms with Crippen molar-refractivity contribution in [2.24, 2.45) is 0 Å². The molecule has 0 bridgehead atoms. The third-order valence-electron chi connectivity index (χ3n) is 4.38. The summed E-state index contributed by atoms with van der Waals surface area (Å²) in [5, 5.41) is 1.23. The second kappa shape index (κ2) is 5.36. The molecule has 0 unspecified atom stereocenters. The highest BCUT2D eigenvalue weighted by molar-refractivity contribution is 6.28. The van der Waals surface area contributed by atoms with E-state index in [0.717, 1.165) is 35.1 Å². The van der Waals surface area contributed by atoms with Crippen LogP contribution in [0, 0.1) is 5.82 Å². The van der Waals surface area contributed by atoms with E-state index < -0.39 is 0 Å². The van der Waals surface area contributed by atoms with Gasteiger partial charge in [0.2, 0.25) is 5.28 Å². The van der Waals surface area contributed by atoms with Crippen molar-refractivity contribution >= 4 is 22.6 Å². The molecule has 0 aliphatic heterocycles. The maximum Gasteiger partial charge on any atom is 0.224 e. The van der Waals surface area contributed by atoms with Crippen molar-refractivity contribution in [3.63, 3.8) is 0 Å². The van der Waals surface area contributed by atoms with Crippen LogP contribution in [0.3, 0.4) is 0 Å². The summed E-state index contributed by atoms with van der Waals surface area (Å²) in [5.41, 5.74) is 2.91. The normalized spacial score (nSPS) is 15.7. The molecule has 22 heavy (non-hydrogen) atoms. The van der Waals surface area contributed by atoms with Crippen LogP contribution in [0.2, 0.25) is 5.28 Å². The monoisotopic (exact) mass is 315 g/mol. The molecule has 0 saturated heterocycles. The number of aromatic nitrogens is 3. The average Bonchev–Trinajstić information content (AvgIpc) is 3.14. The molecule has 4 rings (SSSR count). The molecule has 0 spiro atoms. The van der Waals surface area contributed by atoms with E-state index >= 15 is 0 Å². The number of benzene rings is 1. The molecule has 5 heteroatoms. The van der Waals surface area contributed by atoms with Crippen LogP contribution in [0.5, 0.6) is 0 Å². The zero-order valence-corrected chi connectivity index (χ0v) is 12.7. The van der Waals surface area contributed by atoms with Crippen LogP contribution in [-0.2, 0) is 0 Å². The van der Waals surface area contributed by atoms with E-state index in [4.69, 9.17) is 11.6 Å². The Balaban J connectivity index is 1.96. The van der Waals surface area contributed by atoms with Crippen LogP contribution in [0.25, 0.3) is 22.3 Å². The fraction of sp³-hybridized carbons (Fsp3) is 0.294. The van der Waals surface area contributed by atoms with E-state index in [1.54, 1.807) is 6.20 Å². The first-order valence-corrected chi connectivity index (χ1v) is 7.89. The van der Waals surface area contributed by atoms with Gasteiger partial charge in [0, 0.05) is 17.6 Å². The largest absolute Gasteiger partial charge is 0.322 e. The minimum atomic E-state index is -0.227. The van der Waals surface area contributed by atoms with Gasteiger partial charge in [0.15, 0.2) is 0 Å². The molecular weight excluding hydrogens is 301 g/mol. The summed E-state index contributed by atoms with van der Waals surface area (Å²) in [6, 6.07) is 9.09. The van der Waals surface area contributed by atoms with Crippen LogP contribution < -0.4 is 0 Å². The van der Waals surface area contributed by atoms with Gasteiger partial charge in [-0.2, -0.15) is 4.98 Å². The van der Waals surface area contributed by atoms with Crippen LogP contribution >= 0.6 is 11.6 Å². The maximum absolute atomic E-state index is 13.2. The Labute approximate surface area is 132 Å². The van der Waals surface area contributed by atoms with Gasteiger partial charge >= 0.3 is 0 Å². The third kappa shape index (κ3) is 2.28. The molecule has 0 amide bonds. The van der Waals surface area contributed by atoms with Gasteiger partial charge in [0.25, 0.3) is 0 Å². The Hall–Kier alpha value is -1.94. The molecule has 1 fully saturated rings. The Bertz CT molecular complexity index is 820. The summed E-state index contributed by atoms with van der Waals surface area (Å²) in [6.07, 6.45) is 6.49. The zero-order valence-electron chi connectivity index (χ0n) is 12.0. The van der Waals surface area contributed by atoms with Gasteiger partial charge in [0.05, 0.1) is 5.69 Å². The van der Waals surface area contributed by atoms with E-state index in [1.165, 1.54) is 25.0 Å². The standard InChI is InChI=1S/C17H15ClFN3/c18-17-20-10-12-9-15(11-5-7-13(19)8-6-11)22(16(12)21-17)14-3-1-2-4-14/h5-10,14H,1-4H2. The van der Waals surface area contributed by atoms with E-state index in [0.29, 0.717) is 6.04 Å². The van der Waals surface area contributed by atoms with Crippen molar-refractivity contribution in [1.29, 1.82) is 0 Å². The molecule has 0 atom stereocenters. The van der Waals surface area contributed by atoms with Gasteiger partial charge in [-0.3, -0.25) is 0 Å². The molecule has 1 saturated carbocycles. The topological polar surface area (TPSA) is 30.7 Å². The quantitative estimate of drug-likeness (QED) is 0.623. The van der Waals surface area contributed by atoms with E-state index in [1.807, 2.05) is 12.1 Å². The van der Waals surface area contributed by atoms with Crippen molar-refractivity contribution in [3.05, 3.63) is 47.6 Å². The number of hydrogen-bond donors (Lipinski definition) is 0. The van der Waals surface area contributed by atoms with E-state index in [9.17, 15) is 4.39 Å². The van der Waals surface area contributed by atoms with E-state index in [-0.39, 0.29) is 11.1 Å². The Kier molecular flexibility index (Phi) is 3.34. The van der Waals surface area contributed by atoms with Gasteiger partial charge in [0.1, 0.15) is 11.5 Å². The summed E-state index contributed by atoms with van der Waals surface area (Å²) < 4.78 is 15.5. The highest BCUT2D eigenvalue weighted by atomic mass is 35.5. The Morgan fingerprint density at radius 3 is 2.59 bits per heavy atom. The smallest absolute Gasteiger partial charge is 0.224 e. The highest BCUT2D eigenvalue weighted by Crippen LogP contribution is 2.37. The van der Waals surface area contributed by atoms with Crippen molar-refractivity contribution in [2.45, 2.75) is 31.7 Å². The molecule has 1 aliphatic carbocycles. The molecule has 2 aromatic heterocycles. The molecule has 3 aromatic rings. The first kappa shape index (κ1) is 13.7. The molecule has 112 valence electrons. The van der Waals surface area contributed by atoms with Crippen molar-refractivity contribution in [1.82, 2.24) is 14.5 Å². The molecule has 0 radical (unpaired) electrons. The van der Waals surface area contributed by atoms with Gasteiger partial charge in [-0.25, -0.2) is 9.37 Å². The molecular formula is C17H15ClFN3. The summed E-state index contributed by atoms with van der Waals surface area (Å²) in [5.74, 6) is -0.227. The number of fused-ring (bicyclic) bond motifs is 1. The van der Waals surface area contributed by atoms with Gasteiger partial charge < -0.3 is 4.57 Å². The predicted molar refractivity (Wildman–Crippen MR) is 85.4 cm³/mol. The summed E-state index contributed by atoms with van der Waals surface area (Å²) in [6.45, 7) is 0.